The normalized spacial score (nSPS) is 13.8. The number of aromatic hydroxyl groups is 1. The Hall–Kier alpha value is -13.0. The Morgan fingerprint density at radius 1 is 0.500 bits per heavy atom. The second-order valence-electron chi connectivity index (χ2n) is 27.5. The van der Waals surface area contributed by atoms with Crippen LogP contribution in [0.3, 0.4) is 0 Å². The molecule has 8 rings (SSSR count). The molecular weight excluding hydrogens is 1440 g/mol. The monoisotopic (exact) mass is 1540 g/mol. The number of para-hydroxylation sites is 1. The van der Waals surface area contributed by atoms with E-state index >= 15 is 19.2 Å². The predicted octanol–water partition coefficient (Wildman–Crippen LogP) is 1.96. The molecule has 21 N–H and O–H groups in total. The number of aliphatic carboxylic acids is 2. The van der Waals surface area contributed by atoms with Crippen molar-refractivity contribution < 1.29 is 72.9 Å². The number of aromatic amines is 2. The number of nitrogens with zero attached hydrogens (tertiary/aromatic N) is 1. The zero-order valence-corrected chi connectivity index (χ0v) is 62.5. The van der Waals surface area contributed by atoms with E-state index in [9.17, 15) is 53.7 Å². The van der Waals surface area contributed by atoms with Crippen LogP contribution in [0.4, 0.5) is 0 Å². The van der Waals surface area contributed by atoms with Crippen LogP contribution in [0.1, 0.15) is 97.0 Å². The summed E-state index contributed by atoms with van der Waals surface area (Å²) in [6.45, 7) is 6.09. The van der Waals surface area contributed by atoms with Gasteiger partial charge in [0.15, 0.2) is 5.96 Å². The van der Waals surface area contributed by atoms with Crippen LogP contribution in [0.2, 0.25) is 0 Å². The van der Waals surface area contributed by atoms with E-state index in [-0.39, 0.29) is 70.1 Å². The number of aromatic nitrogens is 3. The Kier molecular flexibility index (Phi) is 31.4. The number of carboxylic acid groups (broad SMARTS) is 2. The average molecular weight is 1540 g/mol. The number of fused-ring (bicyclic) bond motifs is 2. The Bertz CT molecular complexity index is 4610. The summed E-state index contributed by atoms with van der Waals surface area (Å²) in [4.78, 5) is 180. The third-order valence-corrected chi connectivity index (χ3v) is 18.8. The molecule has 0 aliphatic heterocycles. The molecule has 0 radical (unpaired) electrons. The SMILES string of the molecule is CCCC[C@H](NC(=O)[C@H](Cc1c[nH]c2ccccc12)NC(=O)[C@H](CCCNC(=N)N)NC(=O)[C@@H](Cc1ccc2ccccc2c1)NC(=O)[C@H](Cc1cnc[nH]1)NC(=O)[C@H](Cc1ccccc1)NC(=O)CNC(=O)[C@@H](C)NC(=O)[C@@H](N)Cc1c(C)cc(O)cc1C)C(=O)N[C@@H](CC(=O)O)C(=O)N[C@@H](Cc1ccccc1)C(=O)O. The molecule has 8 aromatic rings. The molecule has 0 aliphatic rings. The highest BCUT2D eigenvalue weighted by atomic mass is 16.4. The van der Waals surface area contributed by atoms with Crippen LogP contribution in [0.25, 0.3) is 21.7 Å². The van der Waals surface area contributed by atoms with Gasteiger partial charge in [-0.25, -0.2) is 9.78 Å². The van der Waals surface area contributed by atoms with E-state index in [1.807, 2.05) is 43.3 Å². The van der Waals surface area contributed by atoms with Crippen LogP contribution in [0.15, 0.2) is 158 Å². The zero-order chi connectivity index (χ0) is 81.0. The number of hydrogen-bond acceptors (Lipinski definition) is 16. The lowest BCUT2D eigenvalue weighted by Crippen LogP contribution is -2.61. The lowest BCUT2D eigenvalue weighted by Gasteiger charge is -2.28. The third kappa shape index (κ3) is 25.8. The van der Waals surface area contributed by atoms with E-state index in [0.29, 0.717) is 51.7 Å². The molecule has 112 heavy (non-hydrogen) atoms. The van der Waals surface area contributed by atoms with Gasteiger partial charge in [-0.1, -0.05) is 141 Å². The molecule has 2 heterocycles. The van der Waals surface area contributed by atoms with Crippen LogP contribution < -0.4 is 70.0 Å². The molecule has 0 saturated carbocycles. The van der Waals surface area contributed by atoms with Crippen molar-refractivity contribution in [1.29, 1.82) is 5.41 Å². The molecule has 0 unspecified atom stereocenters. The lowest BCUT2D eigenvalue weighted by atomic mass is 9.96. The number of phenolic OH excluding ortho intramolecular Hbond substituents is 1. The van der Waals surface area contributed by atoms with Gasteiger partial charge in [-0.3, -0.25) is 58.1 Å². The summed E-state index contributed by atoms with van der Waals surface area (Å²) in [6, 6.07) is 25.1. The minimum absolute atomic E-state index is 0.0124. The van der Waals surface area contributed by atoms with E-state index in [2.05, 4.69) is 73.4 Å². The van der Waals surface area contributed by atoms with Gasteiger partial charge in [-0.15, -0.1) is 0 Å². The van der Waals surface area contributed by atoms with Crippen molar-refractivity contribution in [3.05, 3.63) is 203 Å². The van der Waals surface area contributed by atoms with Gasteiger partial charge in [0.1, 0.15) is 60.1 Å². The molecule has 32 heteroatoms. The number of amides is 10. The molecule has 10 atom stereocenters. The highest BCUT2D eigenvalue weighted by Gasteiger charge is 2.37. The van der Waals surface area contributed by atoms with Gasteiger partial charge in [-0.2, -0.15) is 0 Å². The van der Waals surface area contributed by atoms with Gasteiger partial charge in [-0.05, 0) is 114 Å². The lowest BCUT2D eigenvalue weighted by molar-refractivity contribution is -0.143. The molecule has 10 amide bonds. The molecule has 592 valence electrons. The quantitative estimate of drug-likeness (QED) is 0.0148. The van der Waals surface area contributed by atoms with Crippen molar-refractivity contribution in [2.45, 2.75) is 165 Å². The molecule has 32 nitrogen and oxygen atoms in total. The molecule has 0 bridgehead atoms. The Balaban J connectivity index is 1.05. The summed E-state index contributed by atoms with van der Waals surface area (Å²) in [6.07, 6.45) is 3.07. The fraction of sp³-hybridized carbons (Fsp3) is 0.350. The largest absolute Gasteiger partial charge is 0.508 e. The summed E-state index contributed by atoms with van der Waals surface area (Å²) >= 11 is 0. The standard InChI is InChI=1S/C80H97N17O15/c1-5-6-25-60(72(104)96-66(40-69(100)101)78(110)97-67(79(111)112)35-49-20-11-8-12-21-49)91-76(108)64(37-53-41-86-59-26-16-15-24-56(53)59)94-73(105)61(27-17-30-85-80(82)83)92-75(107)63(36-50-28-29-51-22-13-14-23-52(51)33-50)93-77(109)65(38-54-42-84-44-88-54)95-74(106)62(34-48-18-9-7-10-19-48)90-68(99)43-87-70(102)47(4)89-71(103)58(81)39-57-45(2)31-55(98)32-46(57)3/h7-16,18-24,26,28-29,31-33,41-42,44,47,58,60-67,86,98H,5-6,17,25,27,30,34-40,43,81H2,1-4H3,(H,84,88)(H,87,102)(H,89,103)(H,90,99)(H,91,108)(H,92,107)(H,93,109)(H,94,105)(H,95,106)(H,96,104)(H,97,110)(H,100,101)(H,111,112)(H4,82,83,85)/t47-,58+,60+,61+,62+,63-,64+,65+,66+,67+/m1/s1. The highest BCUT2D eigenvalue weighted by molar-refractivity contribution is 6.00. The fourth-order valence-corrected chi connectivity index (χ4v) is 12.8. The number of carbonyl (C=O) groups is 12. The number of nitrogens with two attached hydrogens (primary N) is 2. The average Bonchev–Trinajstić information content (AvgIpc) is 1.22. The fourth-order valence-electron chi connectivity index (χ4n) is 12.8. The van der Waals surface area contributed by atoms with Crippen LogP contribution in [-0.4, -0.2) is 181 Å². The number of guanidine groups is 1. The Morgan fingerprint density at radius 2 is 1.00 bits per heavy atom. The van der Waals surface area contributed by atoms with Gasteiger partial charge in [0.2, 0.25) is 59.1 Å². The number of carboxylic acids is 2. The maximum Gasteiger partial charge on any atom is 0.326 e. The van der Waals surface area contributed by atoms with Crippen molar-refractivity contribution in [1.82, 2.24) is 73.4 Å². The van der Waals surface area contributed by atoms with Crippen molar-refractivity contribution in [3.63, 3.8) is 0 Å². The second-order valence-corrected chi connectivity index (χ2v) is 27.5. The molecule has 2 aromatic heterocycles. The first-order valence-electron chi connectivity index (χ1n) is 36.8. The Morgan fingerprint density at radius 3 is 1.58 bits per heavy atom. The number of nitrogens with one attached hydrogen (secondary N) is 14. The van der Waals surface area contributed by atoms with Gasteiger partial charge in [0, 0.05) is 67.6 Å². The second kappa shape index (κ2) is 41.5. The van der Waals surface area contributed by atoms with E-state index < -0.39 is 150 Å². The summed E-state index contributed by atoms with van der Waals surface area (Å²) in [7, 11) is 0. The summed E-state index contributed by atoms with van der Waals surface area (Å²) < 4.78 is 0. The molecule has 0 saturated heterocycles. The smallest absolute Gasteiger partial charge is 0.326 e. The number of H-pyrrole nitrogens is 2. The van der Waals surface area contributed by atoms with Crippen molar-refractivity contribution >= 4 is 98.6 Å². The number of rotatable bonds is 42. The van der Waals surface area contributed by atoms with Gasteiger partial charge >= 0.3 is 11.9 Å². The third-order valence-electron chi connectivity index (χ3n) is 18.8. The number of unbranched alkanes of at least 4 members (excludes halogenated alkanes) is 1. The first-order valence-corrected chi connectivity index (χ1v) is 36.8. The van der Waals surface area contributed by atoms with Gasteiger partial charge in [0.05, 0.1) is 25.3 Å². The highest BCUT2D eigenvalue weighted by Crippen LogP contribution is 2.24. The van der Waals surface area contributed by atoms with Gasteiger partial charge < -0.3 is 95.2 Å². The van der Waals surface area contributed by atoms with Crippen molar-refractivity contribution in [2.75, 3.05) is 13.1 Å². The minimum Gasteiger partial charge on any atom is -0.508 e. The number of phenols is 1. The number of imidazole rings is 1. The van der Waals surface area contributed by atoms with Crippen molar-refractivity contribution in [2.24, 2.45) is 11.5 Å². The summed E-state index contributed by atoms with van der Waals surface area (Å²) in [5, 5.41) is 69.2. The van der Waals surface area contributed by atoms with Gasteiger partial charge in [0.25, 0.3) is 0 Å². The number of carbonyl (C=O) groups excluding carboxylic acids is 10. The topological polar surface area (TPSA) is 518 Å². The molecule has 0 spiro atoms. The summed E-state index contributed by atoms with van der Waals surface area (Å²) in [5.74, 6) is -12.3. The Labute approximate surface area is 645 Å². The molecule has 0 aliphatic carbocycles. The van der Waals surface area contributed by atoms with E-state index in [1.165, 1.54) is 19.4 Å². The first kappa shape index (κ1) is 84.6. The first-order chi connectivity index (χ1) is 53.6. The molecule has 0 fully saturated rings. The van der Waals surface area contributed by atoms with Crippen LogP contribution in [0, 0.1) is 19.3 Å². The van der Waals surface area contributed by atoms with E-state index in [0.717, 1.165) is 27.5 Å². The van der Waals surface area contributed by atoms with Crippen molar-refractivity contribution in [3.8, 4) is 5.75 Å². The maximum absolute atomic E-state index is 15.4. The predicted molar refractivity (Wildman–Crippen MR) is 416 cm³/mol. The zero-order valence-electron chi connectivity index (χ0n) is 62.5. The van der Waals surface area contributed by atoms with Crippen LogP contribution in [-0.2, 0) is 96.1 Å². The minimum atomic E-state index is -1.83. The number of aryl methyl sites for hydroxylation is 2. The van der Waals surface area contributed by atoms with Crippen LogP contribution in [0.5, 0.6) is 5.75 Å². The number of benzene rings is 6. The number of hydrogen-bond donors (Lipinski definition) is 19. The van der Waals surface area contributed by atoms with E-state index in [1.54, 1.807) is 123 Å². The maximum atomic E-state index is 15.4. The van der Waals surface area contributed by atoms with Crippen LogP contribution >= 0.6 is 0 Å². The van der Waals surface area contributed by atoms with E-state index in [4.69, 9.17) is 16.9 Å². The summed E-state index contributed by atoms with van der Waals surface area (Å²) in [5.41, 5.74) is 17.3. The molecular formula is C80H97N17O15. The molecule has 6 aromatic carbocycles.